The number of nitrogens with two attached hydrogens (primary N) is 1. The first-order valence-electron chi connectivity index (χ1n) is 34.4. The van der Waals surface area contributed by atoms with Crippen LogP contribution in [0.4, 0.5) is 16.5 Å². The number of anilines is 3. The van der Waals surface area contributed by atoms with E-state index in [4.69, 9.17) is 105 Å². The highest BCUT2D eigenvalue weighted by molar-refractivity contribution is 9.10. The molecule has 786 valence electrons. The molecule has 9 aromatic rings. The second-order valence-corrected chi connectivity index (χ2v) is 119. The number of phenols is 1. The average molecular weight is 3140 g/mol. The van der Waals surface area contributed by atoms with Crippen molar-refractivity contribution in [2.45, 2.75) is 27.7 Å². The van der Waals surface area contributed by atoms with Crippen LogP contribution in [0.3, 0.4) is 0 Å². The van der Waals surface area contributed by atoms with Crippen molar-refractivity contribution in [3.05, 3.63) is 237 Å². The summed E-state index contributed by atoms with van der Waals surface area (Å²) in [5.41, 5.74) is 12.6. The predicted molar refractivity (Wildman–Crippen MR) is 772 cm³/mol. The van der Waals surface area contributed by atoms with Gasteiger partial charge in [-0.25, -0.2) is 20.2 Å². The van der Waals surface area contributed by atoms with E-state index in [9.17, 15) is 24.0 Å². The number of phenolic OH excluding ortho intramolecular Hbond substituents is 1. The summed E-state index contributed by atoms with van der Waals surface area (Å²) in [5, 5.41) is 25.7. The van der Waals surface area contributed by atoms with Gasteiger partial charge < -0.3 is 44.9 Å². The summed E-state index contributed by atoms with van der Waals surface area (Å²) in [5.74, 6) is 6.15. The van der Waals surface area contributed by atoms with Crippen LogP contribution in [0.1, 0.15) is 74.0 Å². The molecule has 0 radical (unpaired) electrons. The Kier molecular flexibility index (Phi) is 102. The summed E-state index contributed by atoms with van der Waals surface area (Å²) in [7, 11) is 96.4. The molecule has 0 saturated heterocycles. The van der Waals surface area contributed by atoms with Crippen LogP contribution < -0.4 is 31.4 Å². The van der Waals surface area contributed by atoms with Crippen LogP contribution in [-0.2, 0) is 561 Å². The van der Waals surface area contributed by atoms with E-state index in [0.717, 1.165) is 44.1 Å². The van der Waals surface area contributed by atoms with Crippen molar-refractivity contribution in [3.63, 3.8) is 0 Å². The molecule has 0 unspecified atom stereocenters. The maximum atomic E-state index is 11.7. The molecule has 1 aromatic heterocycles. The number of hydrazine groups is 1. The molecule has 0 fully saturated rings. The molecule has 0 aliphatic carbocycles. The van der Waals surface area contributed by atoms with Crippen LogP contribution in [0.2, 0.25) is 0 Å². The number of halogens is 1. The van der Waals surface area contributed by atoms with Gasteiger partial charge in [0.15, 0.2) is 5.11 Å². The van der Waals surface area contributed by atoms with E-state index in [-0.39, 0.29) is 5.75 Å². The number of rotatable bonds is 13. The lowest BCUT2D eigenvalue weighted by Gasteiger charge is -2.08. The van der Waals surface area contributed by atoms with Crippen molar-refractivity contribution < 1.29 is 52.8 Å². The molecule has 80 heteroatoms. The molecule has 0 aliphatic rings. The third-order valence-electron chi connectivity index (χ3n) is 12.8. The van der Waals surface area contributed by atoms with Crippen LogP contribution in [0, 0.1) is 27.7 Å². The first-order valence-corrected chi connectivity index (χ1v) is 112. The monoisotopic (exact) mass is 3140 g/mol. The summed E-state index contributed by atoms with van der Waals surface area (Å²) in [6, 6.07) is 53.3. The molecule has 0 amide bonds. The molecule has 0 bridgehead atoms. The molecule has 0 saturated carbocycles. The molecule has 6 N–H and O–H groups in total. The average Bonchev–Trinajstić information content (AvgIpc) is 1.68. The maximum absolute atomic E-state index is 11.7. The van der Waals surface area contributed by atoms with E-state index in [1.807, 2.05) is 60.7 Å². The minimum absolute atomic E-state index is 0.0629. The van der Waals surface area contributed by atoms with Gasteiger partial charge in [0.2, 0.25) is 5.13 Å². The third-order valence-corrected chi connectivity index (χ3v) is 128. The van der Waals surface area contributed by atoms with Crippen LogP contribution in [0.5, 0.6) is 28.7 Å². The van der Waals surface area contributed by atoms with Crippen molar-refractivity contribution in [1.29, 1.82) is 0 Å². The van der Waals surface area contributed by atoms with Gasteiger partial charge in [0.05, 0.1) is 38.0 Å². The summed E-state index contributed by atoms with van der Waals surface area (Å²) in [6.07, 6.45) is 1.57. The van der Waals surface area contributed by atoms with Crippen molar-refractivity contribution >= 4 is 638 Å². The first kappa shape index (κ1) is 143. The van der Waals surface area contributed by atoms with E-state index < -0.39 is 17.9 Å². The molecule has 17 nitrogen and oxygen atoms in total. The zero-order valence-corrected chi connectivity index (χ0v) is 123. The molecule has 0 aliphatic heterocycles. The molecule has 1 heterocycles. The molecule has 8 aromatic carbocycles. The van der Waals surface area contributed by atoms with Gasteiger partial charge in [0.1, 0.15) is 46.3 Å². The molecule has 143 heavy (non-hydrogen) atoms. The van der Waals surface area contributed by atoms with Gasteiger partial charge in [-0.1, -0.05) is 94.0 Å². The standard InChI is InChI=1S/C24H21N3O3S.C15H12O4.C9H13N3S.C8H8O3.C7H5BrO.S21.S20.S19/c1-15-10-11-19(12-16(15)2)25-24-27-26-22(31-24)17-6-4-8-20(13-17)30-21-9-5-7-18(14-21)23(28)29-3;1-18-15(17)12-5-3-7-14(9-12)19-13-6-2-4-11(8-13)10-16;1-6-3-4-8(5-7(6)2)11-9(13)12-10;1-11-8(10)6-3-2-4-7(9)5-6;8-7-3-1-2-6(4-7)5-9;1-3-5-7-9-11-13-15-17-19-21-20-18-16-14-12-10-8-6-4-2;1-3-5-7-9-11-13-15-17-19-20-18-16-14-12-10-8-6-4-2;1-3-5-7-9-11-13-15-17-19-18-16-14-12-10-8-6-4-2/h4-14H,1-3H3,(H,25,27);2-10H,1H3;3-5H,10H2,1-2H3,(H2,11,12,13);2-5,9H,1H3;1-5H;;;. The topological polar surface area (TPSA) is 240 Å². The molecular weight excluding hydrogens is 3080 g/mol. The number of hydrogen-bond acceptors (Lipinski definition) is 23. The Balaban J connectivity index is 0.000000566. The number of thiocarbonyl (C=S) groups is 1. The number of carbonyl (C=O) groups is 5. The van der Waals surface area contributed by atoms with Crippen molar-refractivity contribution in [2.24, 2.45) is 5.84 Å². The number of ether oxygens (including phenoxy) is 5. The fourth-order valence-corrected chi connectivity index (χ4v) is 140. The fraction of sp³-hybridized carbons (Fsp3) is 0.111. The summed E-state index contributed by atoms with van der Waals surface area (Å²) in [6.45, 7) is 8.29. The third kappa shape index (κ3) is 80.1. The number of aromatic nitrogens is 2. The Hall–Kier alpha value is 3.60. The number of nitrogens with zero attached hydrogens (tertiary/aromatic N) is 2. The quantitative estimate of drug-likeness (QED) is 0.0180. The lowest BCUT2D eigenvalue weighted by atomic mass is 10.1. The van der Waals surface area contributed by atoms with E-state index in [1.54, 1.807) is 523 Å². The lowest BCUT2D eigenvalue weighted by molar-refractivity contribution is 0.0591. The highest BCUT2D eigenvalue weighted by Gasteiger charge is 2.12. The number of carbonyl (C=O) groups excluding carboxylic acids is 5. The highest BCUT2D eigenvalue weighted by Crippen LogP contribution is 2.33. The summed E-state index contributed by atoms with van der Waals surface area (Å²) >= 11 is 38.1. The van der Waals surface area contributed by atoms with Gasteiger partial charge in [-0.05, 0) is 177 Å². The first-order chi connectivity index (χ1) is 69.7. The van der Waals surface area contributed by atoms with Gasteiger partial charge in [0.25, 0.3) is 0 Å². The van der Waals surface area contributed by atoms with Crippen molar-refractivity contribution in [2.75, 3.05) is 32.0 Å². The number of methoxy groups -OCH3 is 3. The minimum Gasteiger partial charge on any atom is -0.508 e. The van der Waals surface area contributed by atoms with Gasteiger partial charge in [-0.15, -0.1) is 10.2 Å². The Bertz CT molecular complexity index is 8540. The SMILES string of the molecule is COC(=O)c1cccc(O)c1.COC(=O)c1cccc(Oc2cccc(-c3nnc(Nc4ccc(C)c(C)c4)s3)c2)c1.COC(=O)c1cccc(Oc2cccc(C=O)c2)c1.Cc1ccc(NC(=S)NN)cc1C.O=Cc1cccc(Br)c1.S=S=S=S=S=S=S=S=S=S=S=S=S=S=S=S=S=S=S.S=S=S=S=S=S=S=S=S=S=S=S=S=S=S=S=S=S=S=S.S=S=S=S=S=S=S=S=S=S=S=S=S=S=S=S=S=S=S=S=S. The summed E-state index contributed by atoms with van der Waals surface area (Å²) in [4.78, 5) is 54.8. The van der Waals surface area contributed by atoms with Gasteiger partial charge >= 0.3 is 17.9 Å². The van der Waals surface area contributed by atoms with Gasteiger partial charge in [0, 0.05) is 579 Å². The highest BCUT2D eigenvalue weighted by atomic mass is 79.9. The Morgan fingerprint density at radius 3 is 0.937 bits per heavy atom. The number of aromatic hydroxyl groups is 1. The second-order valence-electron chi connectivity index (χ2n) is 21.1. The second kappa shape index (κ2) is 102. The van der Waals surface area contributed by atoms with Gasteiger partial charge in [-0.2, -0.15) is 0 Å². The summed E-state index contributed by atoms with van der Waals surface area (Å²) < 4.78 is 26.3. The number of aldehydes is 2. The molecule has 0 atom stereocenters. The van der Waals surface area contributed by atoms with Gasteiger partial charge in [-0.3, -0.25) is 9.59 Å². The molecule has 0 spiro atoms. The van der Waals surface area contributed by atoms with Crippen LogP contribution >= 0.6 is 39.5 Å². The smallest absolute Gasteiger partial charge is 0.337 e. The van der Waals surface area contributed by atoms with Crippen LogP contribution in [-0.4, -0.2) is 72.2 Å². The van der Waals surface area contributed by atoms with E-state index >= 15 is 0 Å². The Labute approximate surface area is 1030 Å². The maximum Gasteiger partial charge on any atom is 0.337 e. The van der Waals surface area contributed by atoms with E-state index in [0.29, 0.717) is 55.9 Å². The lowest BCUT2D eigenvalue weighted by Crippen LogP contribution is -2.34. The normalized spacial score (nSPS) is 8.82. The fourth-order valence-electron chi connectivity index (χ4n) is 7.42. The Morgan fingerprint density at radius 1 is 0.343 bits per heavy atom. The zero-order valence-electron chi connectivity index (χ0n) is 70.7. The number of esters is 3. The van der Waals surface area contributed by atoms with E-state index in [1.165, 1.54) is 120 Å². The van der Waals surface area contributed by atoms with Crippen molar-refractivity contribution in [1.82, 2.24) is 15.6 Å². The molecular formula is C63H59BrN6O11S62. The van der Waals surface area contributed by atoms with E-state index in [2.05, 4.69) is 91.5 Å². The van der Waals surface area contributed by atoms with Crippen molar-refractivity contribution in [3.8, 4) is 39.3 Å². The molecule has 9 rings (SSSR count). The Morgan fingerprint density at radius 2 is 0.629 bits per heavy atom. The number of aryl methyl sites for hydroxylation is 4. The zero-order chi connectivity index (χ0) is 104. The number of hydrogen-bond donors (Lipinski definition) is 5. The number of benzene rings is 8. The van der Waals surface area contributed by atoms with Crippen LogP contribution in [0.15, 0.2) is 186 Å². The largest absolute Gasteiger partial charge is 0.508 e. The number of nitrogens with one attached hydrogen (secondary N) is 3. The predicted octanol–water partition coefficient (Wildman–Crippen LogP) is 14.0. The minimum atomic E-state index is -0.444. The van der Waals surface area contributed by atoms with Crippen LogP contribution in [0.25, 0.3) is 10.6 Å².